The second-order valence-corrected chi connectivity index (χ2v) is 9.25. The van der Waals surface area contributed by atoms with Crippen LogP contribution in [0, 0.1) is 11.3 Å². The predicted molar refractivity (Wildman–Crippen MR) is 114 cm³/mol. The van der Waals surface area contributed by atoms with Crippen molar-refractivity contribution in [1.82, 2.24) is 0 Å². The first-order valence-electron chi connectivity index (χ1n) is 10.2. The van der Waals surface area contributed by atoms with Gasteiger partial charge in [0, 0.05) is 24.1 Å². The second kappa shape index (κ2) is 7.21. The molecule has 1 aliphatic heterocycles. The van der Waals surface area contributed by atoms with Gasteiger partial charge in [-0.05, 0) is 42.0 Å². The molecule has 0 spiro atoms. The van der Waals surface area contributed by atoms with E-state index in [1.807, 2.05) is 50.2 Å². The van der Waals surface area contributed by atoms with Crippen LogP contribution in [0.2, 0.25) is 0 Å². The number of furan rings is 1. The summed E-state index contributed by atoms with van der Waals surface area (Å²) in [7, 11) is 0. The number of rotatable bonds is 3. The molecule has 29 heavy (non-hydrogen) atoms. The van der Waals surface area contributed by atoms with Crippen molar-refractivity contribution in [3.8, 4) is 0 Å². The first-order valence-corrected chi connectivity index (χ1v) is 10.2. The van der Waals surface area contributed by atoms with Gasteiger partial charge in [0.2, 0.25) is 5.91 Å². The highest BCUT2D eigenvalue weighted by atomic mass is 16.3. The van der Waals surface area contributed by atoms with Crippen LogP contribution in [0.4, 0.5) is 11.4 Å². The minimum atomic E-state index is -0.564. The number of allylic oxidation sites excluding steroid dienone is 1. The first kappa shape index (κ1) is 19.5. The second-order valence-electron chi connectivity index (χ2n) is 9.25. The van der Waals surface area contributed by atoms with Gasteiger partial charge in [-0.1, -0.05) is 39.8 Å². The molecule has 5 nitrogen and oxygen atoms in total. The Labute approximate surface area is 171 Å². The lowest BCUT2D eigenvalue weighted by Gasteiger charge is -2.36. The molecule has 1 N–H and O–H groups in total. The molecule has 1 aliphatic carbocycles. The number of para-hydroxylation sites is 2. The Kier molecular flexibility index (Phi) is 4.85. The van der Waals surface area contributed by atoms with Crippen molar-refractivity contribution in [3.05, 3.63) is 59.7 Å². The molecule has 4 rings (SSSR count). The van der Waals surface area contributed by atoms with Gasteiger partial charge in [0.15, 0.2) is 5.78 Å². The van der Waals surface area contributed by atoms with Crippen LogP contribution < -0.4 is 10.2 Å². The van der Waals surface area contributed by atoms with E-state index in [4.69, 9.17) is 4.42 Å². The maximum Gasteiger partial charge on any atom is 0.228 e. The van der Waals surface area contributed by atoms with Gasteiger partial charge in [-0.2, -0.15) is 0 Å². The molecule has 0 saturated carbocycles. The molecule has 152 valence electrons. The average molecular weight is 392 g/mol. The van der Waals surface area contributed by atoms with E-state index < -0.39 is 6.04 Å². The summed E-state index contributed by atoms with van der Waals surface area (Å²) in [6, 6.07) is 10.9. The fourth-order valence-corrected chi connectivity index (χ4v) is 4.43. The van der Waals surface area contributed by atoms with Crippen LogP contribution in [-0.4, -0.2) is 11.7 Å². The van der Waals surface area contributed by atoms with Gasteiger partial charge in [-0.25, -0.2) is 0 Å². The van der Waals surface area contributed by atoms with E-state index in [0.717, 1.165) is 23.5 Å². The number of ketones is 1. The Morgan fingerprint density at radius 3 is 2.66 bits per heavy atom. The smallest absolute Gasteiger partial charge is 0.228 e. The zero-order valence-corrected chi connectivity index (χ0v) is 17.5. The number of Topliss-reactive ketones (excluding diaryl/α,β-unsaturated/α-hetero) is 1. The molecule has 0 radical (unpaired) electrons. The van der Waals surface area contributed by atoms with Crippen LogP contribution in [0.1, 0.15) is 58.8 Å². The van der Waals surface area contributed by atoms with Crippen LogP contribution >= 0.6 is 0 Å². The summed E-state index contributed by atoms with van der Waals surface area (Å²) < 4.78 is 5.77. The van der Waals surface area contributed by atoms with Crippen LogP contribution in [0.5, 0.6) is 0 Å². The van der Waals surface area contributed by atoms with E-state index in [1.54, 1.807) is 11.2 Å². The summed E-state index contributed by atoms with van der Waals surface area (Å²) in [5.74, 6) is 0.876. The number of amides is 1. The SMILES string of the molecule is CC(C)CC(=O)N1c2ccccc2NC2=C(C(=O)CC(C)(C)C2)[C@@H]1c1ccco1. The Morgan fingerprint density at radius 2 is 1.97 bits per heavy atom. The number of nitrogens with one attached hydrogen (secondary N) is 1. The molecule has 1 aromatic heterocycles. The maximum absolute atomic E-state index is 13.5. The van der Waals surface area contributed by atoms with Gasteiger partial charge in [0.25, 0.3) is 0 Å². The minimum absolute atomic E-state index is 0.0120. The van der Waals surface area contributed by atoms with E-state index >= 15 is 0 Å². The van der Waals surface area contributed by atoms with Gasteiger partial charge in [-0.3, -0.25) is 14.5 Å². The third-order valence-electron chi connectivity index (χ3n) is 5.56. The number of anilines is 2. The van der Waals surface area contributed by atoms with E-state index in [0.29, 0.717) is 24.2 Å². The highest BCUT2D eigenvalue weighted by Gasteiger charge is 2.44. The minimum Gasteiger partial charge on any atom is -0.467 e. The highest BCUT2D eigenvalue weighted by molar-refractivity contribution is 6.06. The Balaban J connectivity index is 1.96. The van der Waals surface area contributed by atoms with Crippen molar-refractivity contribution < 1.29 is 14.0 Å². The normalized spacial score (nSPS) is 20.8. The van der Waals surface area contributed by atoms with Crippen molar-refractivity contribution >= 4 is 23.1 Å². The van der Waals surface area contributed by atoms with E-state index in [-0.39, 0.29) is 23.0 Å². The quantitative estimate of drug-likeness (QED) is 0.752. The van der Waals surface area contributed by atoms with Crippen LogP contribution in [0.15, 0.2) is 58.3 Å². The van der Waals surface area contributed by atoms with E-state index in [9.17, 15) is 9.59 Å². The third-order valence-corrected chi connectivity index (χ3v) is 5.56. The van der Waals surface area contributed by atoms with Gasteiger partial charge in [0.05, 0.1) is 17.6 Å². The summed E-state index contributed by atoms with van der Waals surface area (Å²) in [5.41, 5.74) is 3.02. The number of benzene rings is 1. The molecule has 2 aliphatic rings. The molecular formula is C24H28N2O3. The summed E-state index contributed by atoms with van der Waals surface area (Å²) in [6.45, 7) is 8.27. The van der Waals surface area contributed by atoms with Crippen molar-refractivity contribution in [2.75, 3.05) is 10.2 Å². The lowest BCUT2D eigenvalue weighted by molar-refractivity contribution is -0.120. The number of carbonyl (C=O) groups is 2. The summed E-state index contributed by atoms with van der Waals surface area (Å²) in [4.78, 5) is 28.6. The van der Waals surface area contributed by atoms with Crippen molar-refractivity contribution in [2.24, 2.45) is 11.3 Å². The van der Waals surface area contributed by atoms with Gasteiger partial charge in [-0.15, -0.1) is 0 Å². The lowest BCUT2D eigenvalue weighted by atomic mass is 9.74. The third kappa shape index (κ3) is 3.61. The average Bonchev–Trinajstić information content (AvgIpc) is 3.09. The Morgan fingerprint density at radius 1 is 1.21 bits per heavy atom. The Bertz CT molecular complexity index is 970. The topological polar surface area (TPSA) is 62.6 Å². The van der Waals surface area contributed by atoms with Crippen molar-refractivity contribution in [3.63, 3.8) is 0 Å². The highest BCUT2D eigenvalue weighted by Crippen LogP contribution is 2.48. The summed E-state index contributed by atoms with van der Waals surface area (Å²) >= 11 is 0. The standard InChI is InChI=1S/C24H28N2O3/c1-15(2)12-21(28)26-18-9-6-5-8-16(18)25-17-13-24(3,4)14-19(27)22(17)23(26)20-10-7-11-29-20/h5-11,15,23,25H,12-14H2,1-4H3/t23-/m0/s1. The van der Waals surface area contributed by atoms with E-state index in [1.165, 1.54) is 0 Å². The van der Waals surface area contributed by atoms with Crippen LogP contribution in [-0.2, 0) is 9.59 Å². The zero-order chi connectivity index (χ0) is 20.8. The molecule has 2 aromatic rings. The number of hydrogen-bond acceptors (Lipinski definition) is 4. The van der Waals surface area contributed by atoms with Gasteiger partial charge < -0.3 is 9.73 Å². The van der Waals surface area contributed by atoms with Crippen molar-refractivity contribution in [1.29, 1.82) is 0 Å². The molecule has 1 atom stereocenters. The Hall–Kier alpha value is -2.82. The summed E-state index contributed by atoms with van der Waals surface area (Å²) in [6.07, 6.45) is 3.19. The molecule has 0 unspecified atom stereocenters. The zero-order valence-electron chi connectivity index (χ0n) is 17.5. The van der Waals surface area contributed by atoms with Gasteiger partial charge in [0.1, 0.15) is 11.8 Å². The maximum atomic E-state index is 13.5. The van der Waals surface area contributed by atoms with Crippen LogP contribution in [0.3, 0.4) is 0 Å². The molecule has 0 saturated heterocycles. The number of carbonyl (C=O) groups excluding carboxylic acids is 2. The molecular weight excluding hydrogens is 364 g/mol. The predicted octanol–water partition coefficient (Wildman–Crippen LogP) is 5.47. The molecule has 1 aromatic carbocycles. The lowest BCUT2D eigenvalue weighted by Crippen LogP contribution is -2.39. The fourth-order valence-electron chi connectivity index (χ4n) is 4.43. The summed E-state index contributed by atoms with van der Waals surface area (Å²) in [5, 5.41) is 3.50. The molecule has 0 fully saturated rings. The number of nitrogens with zero attached hydrogens (tertiary/aromatic N) is 1. The van der Waals surface area contributed by atoms with E-state index in [2.05, 4.69) is 19.2 Å². The monoisotopic (exact) mass is 392 g/mol. The van der Waals surface area contributed by atoms with Crippen LogP contribution in [0.25, 0.3) is 0 Å². The fraction of sp³-hybridized carbons (Fsp3) is 0.417. The molecule has 1 amide bonds. The first-order chi connectivity index (χ1) is 13.8. The molecule has 5 heteroatoms. The van der Waals surface area contributed by atoms with Crippen molar-refractivity contribution in [2.45, 2.75) is 53.0 Å². The molecule has 2 heterocycles. The molecule has 0 bridgehead atoms. The largest absolute Gasteiger partial charge is 0.467 e. The number of hydrogen-bond donors (Lipinski definition) is 1. The number of fused-ring (bicyclic) bond motifs is 1. The van der Waals surface area contributed by atoms with Gasteiger partial charge >= 0.3 is 0 Å².